The third-order valence-corrected chi connectivity index (χ3v) is 3.89. The van der Waals surface area contributed by atoms with Crippen LogP contribution in [0.3, 0.4) is 0 Å². The Balaban J connectivity index is 2.26. The molecule has 1 aromatic heterocycles. The maximum atomic E-state index is 5.56. The second-order valence-corrected chi connectivity index (χ2v) is 5.21. The number of aromatic nitrogens is 1. The predicted molar refractivity (Wildman–Crippen MR) is 84.7 cm³/mol. The van der Waals surface area contributed by atoms with E-state index in [1.54, 1.807) is 14.2 Å². The molecule has 0 aliphatic carbocycles. The number of benzene rings is 1. The molecule has 0 amide bonds. The topological polar surface area (TPSA) is 46.6 Å². The molecule has 1 fully saturated rings. The van der Waals surface area contributed by atoms with Gasteiger partial charge in [-0.1, -0.05) is 0 Å². The lowest BCUT2D eigenvalue weighted by atomic mass is 10.1. The van der Waals surface area contributed by atoms with Crippen LogP contribution < -0.4 is 19.7 Å². The first kappa shape index (κ1) is 13.9. The molecule has 0 bridgehead atoms. The maximum absolute atomic E-state index is 5.56. The van der Waals surface area contributed by atoms with Crippen molar-refractivity contribution >= 4 is 16.6 Å². The molecule has 5 nitrogen and oxygen atoms in total. The minimum absolute atomic E-state index is 0.783. The summed E-state index contributed by atoms with van der Waals surface area (Å²) in [6, 6.07) is 5.99. The Kier molecular flexibility index (Phi) is 3.84. The second kappa shape index (κ2) is 5.77. The first-order chi connectivity index (χ1) is 10.2. The number of rotatable bonds is 3. The summed E-state index contributed by atoms with van der Waals surface area (Å²) in [4.78, 5) is 7.05. The Bertz CT molecular complexity index is 652. The van der Waals surface area contributed by atoms with E-state index in [9.17, 15) is 0 Å². The summed E-state index contributed by atoms with van der Waals surface area (Å²) in [6.45, 7) is 5.98. The van der Waals surface area contributed by atoms with E-state index in [-0.39, 0.29) is 0 Å². The van der Waals surface area contributed by atoms with E-state index in [0.29, 0.717) is 0 Å². The average molecular weight is 287 g/mol. The van der Waals surface area contributed by atoms with Crippen molar-refractivity contribution in [3.05, 3.63) is 23.9 Å². The standard InChI is InChI=1S/C16H21N3O2/c1-11-10-12(19-8-6-17-7-9-19)15-13(20-2)4-5-14(21-3)16(15)18-11/h4-5,10,17H,6-9H2,1-3H3. The van der Waals surface area contributed by atoms with Crippen molar-refractivity contribution in [2.24, 2.45) is 0 Å². The van der Waals surface area contributed by atoms with Crippen LogP contribution in [0.5, 0.6) is 11.5 Å². The Morgan fingerprint density at radius 3 is 2.43 bits per heavy atom. The Labute approximate surface area is 124 Å². The van der Waals surface area contributed by atoms with Crippen LogP contribution in [0.2, 0.25) is 0 Å². The van der Waals surface area contributed by atoms with Gasteiger partial charge in [0.25, 0.3) is 0 Å². The van der Waals surface area contributed by atoms with Gasteiger partial charge in [0.15, 0.2) is 0 Å². The number of ether oxygens (including phenoxy) is 2. The van der Waals surface area contributed by atoms with Gasteiger partial charge in [0.05, 0.1) is 25.3 Å². The van der Waals surface area contributed by atoms with E-state index in [1.807, 2.05) is 19.1 Å². The Morgan fingerprint density at radius 1 is 1.10 bits per heavy atom. The van der Waals surface area contributed by atoms with Crippen LogP contribution in [0.15, 0.2) is 18.2 Å². The van der Waals surface area contributed by atoms with Crippen molar-refractivity contribution in [1.82, 2.24) is 10.3 Å². The maximum Gasteiger partial charge on any atom is 0.145 e. The fraction of sp³-hybridized carbons (Fsp3) is 0.438. The molecular weight excluding hydrogens is 266 g/mol. The molecule has 21 heavy (non-hydrogen) atoms. The highest BCUT2D eigenvalue weighted by molar-refractivity contribution is 6.00. The van der Waals surface area contributed by atoms with Crippen molar-refractivity contribution < 1.29 is 9.47 Å². The van der Waals surface area contributed by atoms with E-state index in [0.717, 1.165) is 54.3 Å². The van der Waals surface area contributed by atoms with Crippen molar-refractivity contribution in [1.29, 1.82) is 0 Å². The van der Waals surface area contributed by atoms with Gasteiger partial charge in [-0.15, -0.1) is 0 Å². The molecule has 0 spiro atoms. The highest BCUT2D eigenvalue weighted by Gasteiger charge is 2.19. The van der Waals surface area contributed by atoms with Crippen molar-refractivity contribution in [2.75, 3.05) is 45.3 Å². The smallest absolute Gasteiger partial charge is 0.145 e. The van der Waals surface area contributed by atoms with E-state index in [1.165, 1.54) is 5.69 Å². The molecule has 0 radical (unpaired) electrons. The molecule has 2 heterocycles. The van der Waals surface area contributed by atoms with Crippen molar-refractivity contribution in [3.63, 3.8) is 0 Å². The van der Waals surface area contributed by atoms with E-state index in [4.69, 9.17) is 9.47 Å². The quantitative estimate of drug-likeness (QED) is 0.935. The Morgan fingerprint density at radius 2 is 1.76 bits per heavy atom. The summed E-state index contributed by atoms with van der Waals surface area (Å²) in [5.41, 5.74) is 3.03. The molecule has 1 aromatic carbocycles. The number of methoxy groups -OCH3 is 2. The minimum atomic E-state index is 0.783. The van der Waals surface area contributed by atoms with Gasteiger partial charge >= 0.3 is 0 Å². The predicted octanol–water partition coefficient (Wildman–Crippen LogP) is 1.97. The average Bonchev–Trinajstić information content (AvgIpc) is 2.53. The summed E-state index contributed by atoms with van der Waals surface area (Å²) >= 11 is 0. The van der Waals surface area contributed by atoms with Crippen LogP contribution in [0.4, 0.5) is 5.69 Å². The molecule has 0 atom stereocenters. The molecule has 1 saturated heterocycles. The number of anilines is 1. The van der Waals surface area contributed by atoms with Gasteiger partial charge in [-0.3, -0.25) is 0 Å². The number of aryl methyl sites for hydroxylation is 1. The Hall–Kier alpha value is -2.01. The summed E-state index contributed by atoms with van der Waals surface area (Å²) in [5, 5.41) is 4.42. The lowest BCUT2D eigenvalue weighted by Gasteiger charge is -2.31. The first-order valence-corrected chi connectivity index (χ1v) is 7.22. The zero-order valence-corrected chi connectivity index (χ0v) is 12.8. The SMILES string of the molecule is COc1ccc(OC)c2c(N3CCNCC3)cc(C)nc12. The minimum Gasteiger partial charge on any atom is -0.496 e. The highest BCUT2D eigenvalue weighted by Crippen LogP contribution is 2.38. The lowest BCUT2D eigenvalue weighted by molar-refractivity contribution is 0.409. The first-order valence-electron chi connectivity index (χ1n) is 7.22. The summed E-state index contributed by atoms with van der Waals surface area (Å²) < 4.78 is 11.0. The number of fused-ring (bicyclic) bond motifs is 1. The zero-order chi connectivity index (χ0) is 14.8. The van der Waals surface area contributed by atoms with Crippen LogP contribution in [-0.2, 0) is 0 Å². The highest BCUT2D eigenvalue weighted by atomic mass is 16.5. The molecule has 112 valence electrons. The molecule has 1 aliphatic rings. The number of nitrogens with one attached hydrogen (secondary N) is 1. The van der Waals surface area contributed by atoms with Gasteiger partial charge in [-0.2, -0.15) is 0 Å². The van der Waals surface area contributed by atoms with Crippen LogP contribution in [0, 0.1) is 6.92 Å². The molecule has 3 rings (SSSR count). The van der Waals surface area contributed by atoms with Gasteiger partial charge in [0, 0.05) is 31.9 Å². The number of hydrogen-bond donors (Lipinski definition) is 1. The van der Waals surface area contributed by atoms with Gasteiger partial charge in [0.2, 0.25) is 0 Å². The molecular formula is C16H21N3O2. The summed E-state index contributed by atoms with van der Waals surface area (Å²) in [7, 11) is 3.37. The van der Waals surface area contributed by atoms with Gasteiger partial charge in [0.1, 0.15) is 17.0 Å². The number of nitrogens with zero attached hydrogens (tertiary/aromatic N) is 2. The fourth-order valence-electron chi connectivity index (χ4n) is 2.88. The lowest BCUT2D eigenvalue weighted by Crippen LogP contribution is -2.43. The van der Waals surface area contributed by atoms with E-state index < -0.39 is 0 Å². The van der Waals surface area contributed by atoms with Crippen LogP contribution in [0.1, 0.15) is 5.69 Å². The largest absolute Gasteiger partial charge is 0.496 e. The van der Waals surface area contributed by atoms with Gasteiger partial charge in [-0.25, -0.2) is 4.98 Å². The monoisotopic (exact) mass is 287 g/mol. The number of hydrogen-bond acceptors (Lipinski definition) is 5. The van der Waals surface area contributed by atoms with Crippen molar-refractivity contribution in [3.8, 4) is 11.5 Å². The third-order valence-electron chi connectivity index (χ3n) is 3.89. The molecule has 0 saturated carbocycles. The molecule has 5 heteroatoms. The van der Waals surface area contributed by atoms with Crippen LogP contribution >= 0.6 is 0 Å². The summed E-state index contributed by atoms with van der Waals surface area (Å²) in [5.74, 6) is 1.62. The zero-order valence-electron chi connectivity index (χ0n) is 12.8. The molecule has 1 N–H and O–H groups in total. The fourth-order valence-corrected chi connectivity index (χ4v) is 2.88. The van der Waals surface area contributed by atoms with Crippen LogP contribution in [-0.4, -0.2) is 45.4 Å². The number of piperazine rings is 1. The number of pyridine rings is 1. The summed E-state index contributed by atoms with van der Waals surface area (Å²) in [6.07, 6.45) is 0. The molecule has 0 unspecified atom stereocenters. The third kappa shape index (κ3) is 2.49. The van der Waals surface area contributed by atoms with Gasteiger partial charge < -0.3 is 19.7 Å². The second-order valence-electron chi connectivity index (χ2n) is 5.21. The van der Waals surface area contributed by atoms with E-state index >= 15 is 0 Å². The van der Waals surface area contributed by atoms with E-state index in [2.05, 4.69) is 21.3 Å². The normalized spacial score (nSPS) is 15.3. The van der Waals surface area contributed by atoms with Crippen molar-refractivity contribution in [2.45, 2.75) is 6.92 Å². The molecule has 2 aromatic rings. The van der Waals surface area contributed by atoms with Crippen LogP contribution in [0.25, 0.3) is 10.9 Å². The van der Waals surface area contributed by atoms with Gasteiger partial charge in [-0.05, 0) is 25.1 Å². The molecule has 1 aliphatic heterocycles.